The van der Waals surface area contributed by atoms with E-state index in [0.29, 0.717) is 11.7 Å². The number of rotatable bonds is 7. The van der Waals surface area contributed by atoms with E-state index >= 15 is 0 Å². The second-order valence-electron chi connectivity index (χ2n) is 8.42. The summed E-state index contributed by atoms with van der Waals surface area (Å²) in [5, 5.41) is 11.6. The lowest BCUT2D eigenvalue weighted by molar-refractivity contribution is 0.251. The van der Waals surface area contributed by atoms with Gasteiger partial charge in [0.25, 0.3) is 0 Å². The van der Waals surface area contributed by atoms with Crippen molar-refractivity contribution in [2.75, 3.05) is 43.5 Å². The van der Waals surface area contributed by atoms with Crippen LogP contribution in [-0.4, -0.2) is 49.3 Å². The van der Waals surface area contributed by atoms with Crippen molar-refractivity contribution in [1.29, 1.82) is 0 Å². The minimum atomic E-state index is -0.299. The molecule has 0 atom stereocenters. The van der Waals surface area contributed by atoms with Crippen molar-refractivity contribution in [3.63, 3.8) is 0 Å². The molecule has 1 aliphatic heterocycles. The molecule has 0 saturated carbocycles. The summed E-state index contributed by atoms with van der Waals surface area (Å²) in [6, 6.07) is 13.6. The van der Waals surface area contributed by atoms with Gasteiger partial charge in [-0.3, -0.25) is 5.32 Å². The smallest absolute Gasteiger partial charge is 0.321 e. The molecule has 1 aliphatic rings. The van der Waals surface area contributed by atoms with Gasteiger partial charge in [0.2, 0.25) is 0 Å². The first-order valence-corrected chi connectivity index (χ1v) is 11.9. The molecule has 0 unspecified atom stereocenters. The van der Waals surface area contributed by atoms with E-state index in [4.69, 9.17) is 9.72 Å². The summed E-state index contributed by atoms with van der Waals surface area (Å²) >= 11 is 1.41. The van der Waals surface area contributed by atoms with E-state index in [-0.39, 0.29) is 11.4 Å². The molecule has 3 heterocycles. The summed E-state index contributed by atoms with van der Waals surface area (Å²) in [6.07, 6.45) is 0. The number of nitrogens with zero attached hydrogens (tertiary/aromatic N) is 3. The normalized spacial score (nSPS) is 14.1. The molecule has 2 amide bonds. The molecule has 2 aromatic heterocycles. The number of benzene rings is 1. The lowest BCUT2D eigenvalue weighted by Crippen LogP contribution is -2.44. The number of nitrogens with one attached hydrogen (secondary N) is 3. The van der Waals surface area contributed by atoms with Crippen LogP contribution in [0.5, 0.6) is 5.75 Å². The Morgan fingerprint density at radius 3 is 2.64 bits per heavy atom. The average Bonchev–Trinajstić information content (AvgIpc) is 3.33. The van der Waals surface area contributed by atoms with Gasteiger partial charge in [-0.05, 0) is 29.8 Å². The third-order valence-electron chi connectivity index (χ3n) is 5.84. The lowest BCUT2D eigenvalue weighted by atomic mass is 9.82. The average molecular weight is 467 g/mol. The Morgan fingerprint density at radius 2 is 1.91 bits per heavy atom. The summed E-state index contributed by atoms with van der Waals surface area (Å²) in [5.41, 5.74) is 2.55. The number of carbonyl (C=O) groups is 1. The standard InChI is InChI=1S/C24H30N6O2S/c1-24(2,17-7-9-19(32-3)10-8-17)20-16-33-23(28-20)29-22(31)26-15-18-5-4-6-21(27-18)30-13-11-25-12-14-30/h4-10,16,25H,11-15H2,1-3H3,(H2,26,28,29,31). The number of amides is 2. The van der Waals surface area contributed by atoms with E-state index in [1.807, 2.05) is 47.8 Å². The van der Waals surface area contributed by atoms with E-state index in [1.165, 1.54) is 11.3 Å². The third kappa shape index (κ3) is 5.61. The highest BCUT2D eigenvalue weighted by Gasteiger charge is 2.26. The summed E-state index contributed by atoms with van der Waals surface area (Å²) in [6.45, 7) is 8.36. The van der Waals surface area contributed by atoms with Crippen molar-refractivity contribution < 1.29 is 9.53 Å². The first-order valence-electron chi connectivity index (χ1n) is 11.0. The van der Waals surface area contributed by atoms with Crippen LogP contribution < -0.4 is 25.6 Å². The first-order chi connectivity index (χ1) is 16.0. The van der Waals surface area contributed by atoms with Crippen LogP contribution in [0.4, 0.5) is 15.7 Å². The summed E-state index contributed by atoms with van der Waals surface area (Å²) in [7, 11) is 1.66. The van der Waals surface area contributed by atoms with Crippen LogP contribution in [0.3, 0.4) is 0 Å². The molecule has 1 saturated heterocycles. The Balaban J connectivity index is 1.34. The molecular formula is C24H30N6O2S. The van der Waals surface area contributed by atoms with Gasteiger partial charge in [0, 0.05) is 37.0 Å². The number of hydrogen-bond acceptors (Lipinski definition) is 7. The zero-order valence-electron chi connectivity index (χ0n) is 19.2. The molecule has 33 heavy (non-hydrogen) atoms. The molecular weight excluding hydrogens is 436 g/mol. The number of aromatic nitrogens is 2. The Bertz CT molecular complexity index is 1080. The number of methoxy groups -OCH3 is 1. The van der Waals surface area contributed by atoms with Crippen molar-refractivity contribution >= 4 is 28.3 Å². The van der Waals surface area contributed by atoms with Gasteiger partial charge in [-0.2, -0.15) is 0 Å². The molecule has 9 heteroatoms. The Labute approximate surface area is 198 Å². The van der Waals surface area contributed by atoms with Crippen LogP contribution in [0.15, 0.2) is 47.8 Å². The van der Waals surface area contributed by atoms with Gasteiger partial charge in [-0.1, -0.05) is 32.0 Å². The van der Waals surface area contributed by atoms with Gasteiger partial charge in [-0.25, -0.2) is 14.8 Å². The fourth-order valence-corrected chi connectivity index (χ4v) is 4.59. The topological polar surface area (TPSA) is 91.4 Å². The van der Waals surface area contributed by atoms with E-state index in [9.17, 15) is 4.79 Å². The number of thiazole rings is 1. The molecule has 4 rings (SSSR count). The monoisotopic (exact) mass is 466 g/mol. The Hall–Kier alpha value is -3.17. The maximum Gasteiger partial charge on any atom is 0.321 e. The fraction of sp³-hybridized carbons (Fsp3) is 0.375. The largest absolute Gasteiger partial charge is 0.497 e. The summed E-state index contributed by atoms with van der Waals surface area (Å²) in [5.74, 6) is 1.77. The number of urea groups is 1. The van der Waals surface area contributed by atoms with Gasteiger partial charge in [0.05, 0.1) is 25.0 Å². The maximum absolute atomic E-state index is 12.5. The predicted molar refractivity (Wildman–Crippen MR) is 132 cm³/mol. The highest BCUT2D eigenvalue weighted by Crippen LogP contribution is 2.34. The van der Waals surface area contributed by atoms with Crippen LogP contribution in [0.25, 0.3) is 0 Å². The van der Waals surface area contributed by atoms with Crippen LogP contribution in [0.1, 0.15) is 30.8 Å². The predicted octanol–water partition coefficient (Wildman–Crippen LogP) is 3.60. The fourth-order valence-electron chi connectivity index (χ4n) is 3.72. The van der Waals surface area contributed by atoms with Crippen molar-refractivity contribution in [2.24, 2.45) is 0 Å². The van der Waals surface area contributed by atoms with Crippen molar-refractivity contribution in [3.8, 4) is 5.75 Å². The highest BCUT2D eigenvalue weighted by molar-refractivity contribution is 7.13. The van der Waals surface area contributed by atoms with Gasteiger partial charge >= 0.3 is 6.03 Å². The van der Waals surface area contributed by atoms with Crippen LogP contribution in [0.2, 0.25) is 0 Å². The zero-order chi connectivity index (χ0) is 23.3. The molecule has 8 nitrogen and oxygen atoms in total. The molecule has 1 aromatic carbocycles. The van der Waals surface area contributed by atoms with E-state index in [2.05, 4.69) is 39.7 Å². The molecule has 0 radical (unpaired) electrons. The van der Waals surface area contributed by atoms with Crippen LogP contribution >= 0.6 is 11.3 Å². The van der Waals surface area contributed by atoms with Gasteiger partial charge in [-0.15, -0.1) is 11.3 Å². The summed E-state index contributed by atoms with van der Waals surface area (Å²) < 4.78 is 5.25. The first kappa shape index (κ1) is 23.0. The molecule has 174 valence electrons. The summed E-state index contributed by atoms with van der Waals surface area (Å²) in [4.78, 5) is 24.1. The molecule has 0 aliphatic carbocycles. The quantitative estimate of drug-likeness (QED) is 0.493. The number of pyridine rings is 1. The number of piperazine rings is 1. The molecule has 3 aromatic rings. The van der Waals surface area contributed by atoms with Crippen molar-refractivity contribution in [2.45, 2.75) is 25.8 Å². The minimum absolute atomic E-state index is 0.298. The second kappa shape index (κ2) is 10.2. The highest BCUT2D eigenvalue weighted by atomic mass is 32.1. The number of carbonyl (C=O) groups excluding carboxylic acids is 1. The number of anilines is 2. The number of hydrogen-bond donors (Lipinski definition) is 3. The van der Waals surface area contributed by atoms with Crippen molar-refractivity contribution in [1.82, 2.24) is 20.6 Å². The van der Waals surface area contributed by atoms with E-state index < -0.39 is 0 Å². The van der Waals surface area contributed by atoms with Crippen molar-refractivity contribution in [3.05, 3.63) is 64.8 Å². The Kier molecular flexibility index (Phi) is 7.10. The van der Waals surface area contributed by atoms with Gasteiger partial charge in [0.15, 0.2) is 5.13 Å². The van der Waals surface area contributed by atoms with E-state index in [1.54, 1.807) is 7.11 Å². The minimum Gasteiger partial charge on any atom is -0.497 e. The van der Waals surface area contributed by atoms with Gasteiger partial charge in [0.1, 0.15) is 11.6 Å². The lowest BCUT2D eigenvalue weighted by Gasteiger charge is -2.28. The van der Waals surface area contributed by atoms with Gasteiger partial charge < -0.3 is 20.3 Å². The zero-order valence-corrected chi connectivity index (χ0v) is 20.0. The Morgan fingerprint density at radius 1 is 1.15 bits per heavy atom. The molecule has 3 N–H and O–H groups in total. The number of ether oxygens (including phenoxy) is 1. The molecule has 0 spiro atoms. The third-order valence-corrected chi connectivity index (χ3v) is 6.60. The van der Waals surface area contributed by atoms with Crippen LogP contribution in [-0.2, 0) is 12.0 Å². The SMILES string of the molecule is COc1ccc(C(C)(C)c2csc(NC(=O)NCc3cccc(N4CCNCC4)n3)n2)cc1. The molecule has 0 bridgehead atoms. The second-order valence-corrected chi connectivity index (χ2v) is 9.28. The van der Waals surface area contributed by atoms with Crippen LogP contribution in [0, 0.1) is 0 Å². The molecule has 1 fully saturated rings. The van der Waals surface area contributed by atoms with E-state index in [0.717, 1.165) is 54.7 Å². The maximum atomic E-state index is 12.5.